The smallest absolute Gasteiger partial charge is 0.0509 e. The van der Waals surface area contributed by atoms with Gasteiger partial charge in [-0.3, -0.25) is 0 Å². The van der Waals surface area contributed by atoms with Crippen LogP contribution in [0.2, 0.25) is 0 Å². The van der Waals surface area contributed by atoms with E-state index in [-0.39, 0.29) is 27.2 Å². The molecular formula is C14H34O2W. The minimum Gasteiger partial charge on any atom is -0.396 e. The van der Waals surface area contributed by atoms with Crippen LogP contribution in [-0.4, -0.2) is 22.9 Å². The minimum atomic E-state index is -0.116. The zero-order chi connectivity index (χ0) is 13.2. The van der Waals surface area contributed by atoms with E-state index in [1.807, 2.05) is 13.8 Å². The first-order valence-corrected chi connectivity index (χ1v) is 6.89. The molecule has 1 atom stereocenters. The van der Waals surface area contributed by atoms with Crippen LogP contribution in [0.4, 0.5) is 0 Å². The third-order valence-electron chi connectivity index (χ3n) is 2.02. The number of aliphatic hydroxyl groups is 2. The summed E-state index contributed by atoms with van der Waals surface area (Å²) in [6.45, 7) is 10.5. The van der Waals surface area contributed by atoms with Crippen molar-refractivity contribution in [3.8, 4) is 0 Å². The Morgan fingerprint density at radius 2 is 1.12 bits per heavy atom. The van der Waals surface area contributed by atoms with E-state index in [9.17, 15) is 0 Å². The Balaban J connectivity index is -0.0000000757. The van der Waals surface area contributed by atoms with Crippen molar-refractivity contribution >= 4 is 0 Å². The summed E-state index contributed by atoms with van der Waals surface area (Å²) in [5.74, 6) is 0. The maximum absolute atomic E-state index is 8.36. The van der Waals surface area contributed by atoms with Gasteiger partial charge in [-0.15, -0.1) is 0 Å². The van der Waals surface area contributed by atoms with E-state index in [1.54, 1.807) is 6.92 Å². The largest absolute Gasteiger partial charge is 0.396 e. The predicted octanol–water partition coefficient (Wildman–Crippen LogP) is 4.14. The second kappa shape index (κ2) is 30.0. The maximum Gasteiger partial charge on any atom is 0.0509 e. The first-order chi connectivity index (χ1) is 7.60. The molecule has 0 radical (unpaired) electrons. The first-order valence-electron chi connectivity index (χ1n) is 6.89. The molecule has 1 unspecified atom stereocenters. The van der Waals surface area contributed by atoms with Gasteiger partial charge in [0.2, 0.25) is 0 Å². The molecule has 0 aromatic carbocycles. The molecule has 108 valence electrons. The molecule has 0 aromatic heterocycles. The average Bonchev–Trinajstić information content (AvgIpc) is 2.31. The van der Waals surface area contributed by atoms with Crippen molar-refractivity contribution < 1.29 is 31.3 Å². The van der Waals surface area contributed by atoms with E-state index in [0.717, 1.165) is 12.8 Å². The molecule has 0 saturated carbocycles. The van der Waals surface area contributed by atoms with E-state index in [1.165, 1.54) is 32.1 Å². The van der Waals surface area contributed by atoms with E-state index >= 15 is 0 Å². The molecule has 0 aromatic rings. The quantitative estimate of drug-likeness (QED) is 0.637. The van der Waals surface area contributed by atoms with Gasteiger partial charge in [-0.1, -0.05) is 59.8 Å². The number of unbranched alkanes of at least 4 members (excludes halogenated alkanes) is 4. The molecule has 0 saturated heterocycles. The van der Waals surface area contributed by atoms with Crippen molar-refractivity contribution in [1.82, 2.24) is 0 Å². The first kappa shape index (κ1) is 26.2. The van der Waals surface area contributed by atoms with Crippen LogP contribution in [-0.2, 0) is 21.1 Å². The summed E-state index contributed by atoms with van der Waals surface area (Å²) in [6.07, 6.45) is 8.63. The Hall–Kier alpha value is 0.608. The number of hydrogen-bond acceptors (Lipinski definition) is 2. The van der Waals surface area contributed by atoms with Gasteiger partial charge in [0.25, 0.3) is 0 Å². The molecule has 0 fully saturated rings. The van der Waals surface area contributed by atoms with E-state index in [0.29, 0.717) is 6.61 Å². The zero-order valence-corrected chi connectivity index (χ0v) is 15.5. The van der Waals surface area contributed by atoms with Crippen molar-refractivity contribution in [2.24, 2.45) is 0 Å². The Kier molecular flexibility index (Phi) is 46.3. The van der Waals surface area contributed by atoms with Gasteiger partial charge >= 0.3 is 0 Å². The molecule has 2 N–H and O–H groups in total. The maximum atomic E-state index is 8.36. The summed E-state index contributed by atoms with van der Waals surface area (Å²) in [5.41, 5.74) is 0. The van der Waals surface area contributed by atoms with Gasteiger partial charge in [0.1, 0.15) is 0 Å². The topological polar surface area (TPSA) is 40.5 Å². The van der Waals surface area contributed by atoms with Gasteiger partial charge in [0, 0.05) is 27.7 Å². The number of hydrogen-bond donors (Lipinski definition) is 2. The van der Waals surface area contributed by atoms with Crippen LogP contribution in [0, 0.1) is 0 Å². The van der Waals surface area contributed by atoms with Gasteiger partial charge in [0.15, 0.2) is 0 Å². The standard InChI is InChI=1S/C7H16.C4H10O.C3H8O.W/c1-3-5-7-6-4-2;1-3-4(2)5;1-2-3-4;/h3-7H2,1-2H3;4-5H,3H2,1-2H3;4H,2-3H2,1H3;. The molecular weight excluding hydrogens is 384 g/mol. The van der Waals surface area contributed by atoms with Crippen LogP contribution < -0.4 is 0 Å². The molecule has 0 bridgehead atoms. The predicted molar refractivity (Wildman–Crippen MR) is 73.8 cm³/mol. The van der Waals surface area contributed by atoms with Crippen LogP contribution in [0.1, 0.15) is 79.6 Å². The molecule has 0 aliphatic carbocycles. The van der Waals surface area contributed by atoms with E-state index < -0.39 is 0 Å². The van der Waals surface area contributed by atoms with Crippen LogP contribution in [0.3, 0.4) is 0 Å². The molecule has 0 aliphatic rings. The molecule has 0 heterocycles. The second-order valence-corrected chi connectivity index (χ2v) is 4.04. The van der Waals surface area contributed by atoms with Gasteiger partial charge in [-0.05, 0) is 19.8 Å². The van der Waals surface area contributed by atoms with Crippen molar-refractivity contribution in [3.05, 3.63) is 0 Å². The molecule has 17 heavy (non-hydrogen) atoms. The monoisotopic (exact) mass is 418 g/mol. The Morgan fingerprint density at radius 1 is 0.824 bits per heavy atom. The Morgan fingerprint density at radius 3 is 1.24 bits per heavy atom. The Bertz CT molecular complexity index is 82.3. The summed E-state index contributed by atoms with van der Waals surface area (Å²) in [7, 11) is 0. The fourth-order valence-electron chi connectivity index (χ4n) is 0.677. The molecule has 0 aliphatic heterocycles. The summed E-state index contributed by atoms with van der Waals surface area (Å²) in [4.78, 5) is 0. The third kappa shape index (κ3) is 61.2. The molecule has 0 amide bonds. The third-order valence-corrected chi connectivity index (χ3v) is 2.02. The van der Waals surface area contributed by atoms with Crippen molar-refractivity contribution in [2.45, 2.75) is 85.7 Å². The minimum absolute atomic E-state index is 0. The molecule has 0 spiro atoms. The van der Waals surface area contributed by atoms with Gasteiger partial charge in [-0.25, -0.2) is 0 Å². The Labute approximate surface area is 123 Å². The summed E-state index contributed by atoms with van der Waals surface area (Å²) >= 11 is 0. The zero-order valence-electron chi connectivity index (χ0n) is 12.5. The van der Waals surface area contributed by atoms with Crippen LogP contribution >= 0.6 is 0 Å². The van der Waals surface area contributed by atoms with E-state index in [4.69, 9.17) is 10.2 Å². The molecule has 0 rings (SSSR count). The second-order valence-electron chi connectivity index (χ2n) is 4.04. The number of aliphatic hydroxyl groups excluding tert-OH is 2. The van der Waals surface area contributed by atoms with Crippen LogP contribution in [0.25, 0.3) is 0 Å². The average molecular weight is 418 g/mol. The van der Waals surface area contributed by atoms with E-state index in [2.05, 4.69) is 13.8 Å². The van der Waals surface area contributed by atoms with Gasteiger partial charge < -0.3 is 10.2 Å². The molecule has 3 heteroatoms. The SMILES string of the molecule is CCC(C)O.CCCCCCC.CCCO.[W]. The van der Waals surface area contributed by atoms with Gasteiger partial charge in [-0.2, -0.15) is 0 Å². The van der Waals surface area contributed by atoms with Crippen LogP contribution in [0.5, 0.6) is 0 Å². The normalized spacial score (nSPS) is 10.1. The van der Waals surface area contributed by atoms with Crippen molar-refractivity contribution in [1.29, 1.82) is 0 Å². The summed E-state index contributed by atoms with van der Waals surface area (Å²) < 4.78 is 0. The van der Waals surface area contributed by atoms with Crippen molar-refractivity contribution in [2.75, 3.05) is 6.61 Å². The number of rotatable bonds is 6. The van der Waals surface area contributed by atoms with Gasteiger partial charge in [0.05, 0.1) is 6.10 Å². The summed E-state index contributed by atoms with van der Waals surface area (Å²) in [5, 5.41) is 16.2. The van der Waals surface area contributed by atoms with Crippen LogP contribution in [0.15, 0.2) is 0 Å². The van der Waals surface area contributed by atoms with Crippen molar-refractivity contribution in [3.63, 3.8) is 0 Å². The fourth-order valence-corrected chi connectivity index (χ4v) is 0.677. The summed E-state index contributed by atoms with van der Waals surface area (Å²) in [6, 6.07) is 0. The fraction of sp³-hybridized carbons (Fsp3) is 1.00. The molecule has 2 nitrogen and oxygen atoms in total.